The molecule has 0 aliphatic heterocycles. The molecule has 156 valence electrons. The van der Waals surface area contributed by atoms with E-state index in [2.05, 4.69) is 0 Å². The van der Waals surface area contributed by atoms with Crippen molar-refractivity contribution in [1.82, 2.24) is 4.90 Å². The molecular formula is C23H29NO5. The van der Waals surface area contributed by atoms with Gasteiger partial charge < -0.3 is 14.6 Å². The van der Waals surface area contributed by atoms with E-state index >= 15 is 0 Å². The number of nitrogens with zero attached hydrogens (tertiary/aromatic N) is 1. The highest BCUT2D eigenvalue weighted by molar-refractivity contribution is 5.82. The molecule has 0 bridgehead atoms. The molecule has 2 aromatic carbocycles. The summed E-state index contributed by atoms with van der Waals surface area (Å²) < 4.78 is 10.9. The van der Waals surface area contributed by atoms with Gasteiger partial charge in [-0.25, -0.2) is 9.59 Å². The van der Waals surface area contributed by atoms with Crippen molar-refractivity contribution in [3.05, 3.63) is 71.8 Å². The Balaban J connectivity index is 2.24. The van der Waals surface area contributed by atoms with Gasteiger partial charge in [0.15, 0.2) is 6.04 Å². The third-order valence-electron chi connectivity index (χ3n) is 4.08. The normalized spacial score (nSPS) is 13.3. The summed E-state index contributed by atoms with van der Waals surface area (Å²) in [6, 6.07) is 17.2. The minimum Gasteiger partial charge on any atom is -0.459 e. The van der Waals surface area contributed by atoms with Crippen LogP contribution >= 0.6 is 0 Å². The van der Waals surface area contributed by atoms with Gasteiger partial charge in [-0.1, -0.05) is 60.7 Å². The number of aliphatic hydroxyl groups is 1. The van der Waals surface area contributed by atoms with Crippen LogP contribution in [-0.2, 0) is 27.4 Å². The molecule has 2 atom stereocenters. The first-order chi connectivity index (χ1) is 13.7. The summed E-state index contributed by atoms with van der Waals surface area (Å²) in [6.07, 6.45) is -1.83. The Bertz CT molecular complexity index is 784. The lowest BCUT2D eigenvalue weighted by Gasteiger charge is -2.33. The third kappa shape index (κ3) is 7.23. The van der Waals surface area contributed by atoms with Gasteiger partial charge in [0.2, 0.25) is 0 Å². The second-order valence-corrected chi connectivity index (χ2v) is 7.87. The number of hydrogen-bond donors (Lipinski definition) is 1. The van der Waals surface area contributed by atoms with Crippen molar-refractivity contribution in [2.24, 2.45) is 0 Å². The number of esters is 1. The zero-order chi connectivity index (χ0) is 21.4. The first kappa shape index (κ1) is 22.4. The molecule has 0 saturated heterocycles. The van der Waals surface area contributed by atoms with Crippen LogP contribution in [0.1, 0.15) is 38.8 Å². The van der Waals surface area contributed by atoms with Crippen LogP contribution in [0.15, 0.2) is 60.7 Å². The Hall–Kier alpha value is -2.86. The molecule has 2 unspecified atom stereocenters. The van der Waals surface area contributed by atoms with E-state index in [1.54, 1.807) is 20.8 Å². The molecule has 0 aliphatic carbocycles. The zero-order valence-electron chi connectivity index (χ0n) is 17.4. The third-order valence-corrected chi connectivity index (χ3v) is 4.08. The molecule has 6 heteroatoms. The lowest BCUT2D eigenvalue weighted by atomic mass is 10.1. The van der Waals surface area contributed by atoms with Gasteiger partial charge in [0.25, 0.3) is 0 Å². The first-order valence-corrected chi connectivity index (χ1v) is 9.59. The molecule has 0 saturated carbocycles. The van der Waals surface area contributed by atoms with Crippen molar-refractivity contribution in [2.75, 3.05) is 0 Å². The van der Waals surface area contributed by atoms with Gasteiger partial charge in [-0.15, -0.1) is 0 Å². The van der Waals surface area contributed by atoms with E-state index in [4.69, 9.17) is 9.47 Å². The van der Waals surface area contributed by atoms with Gasteiger partial charge in [0.1, 0.15) is 12.2 Å². The molecule has 0 radical (unpaired) electrons. The first-order valence-electron chi connectivity index (χ1n) is 9.59. The van der Waals surface area contributed by atoms with Crippen LogP contribution in [0.5, 0.6) is 0 Å². The lowest BCUT2D eigenvalue weighted by molar-refractivity contribution is -0.155. The number of amides is 1. The fraction of sp³-hybridized carbons (Fsp3) is 0.391. The smallest absolute Gasteiger partial charge is 0.411 e. The van der Waals surface area contributed by atoms with E-state index in [-0.39, 0.29) is 13.2 Å². The van der Waals surface area contributed by atoms with Gasteiger partial charge in [0.05, 0.1) is 12.6 Å². The second kappa shape index (κ2) is 10.1. The quantitative estimate of drug-likeness (QED) is 0.714. The van der Waals surface area contributed by atoms with E-state index in [1.165, 1.54) is 11.8 Å². The van der Waals surface area contributed by atoms with Crippen LogP contribution in [-0.4, -0.2) is 39.8 Å². The van der Waals surface area contributed by atoms with E-state index in [1.807, 2.05) is 60.7 Å². The van der Waals surface area contributed by atoms with Crippen LogP contribution < -0.4 is 0 Å². The van der Waals surface area contributed by atoms with Crippen molar-refractivity contribution in [2.45, 2.75) is 58.6 Å². The van der Waals surface area contributed by atoms with Crippen molar-refractivity contribution < 1.29 is 24.2 Å². The minimum absolute atomic E-state index is 0.0520. The van der Waals surface area contributed by atoms with E-state index < -0.39 is 29.8 Å². The van der Waals surface area contributed by atoms with Crippen LogP contribution in [0.2, 0.25) is 0 Å². The SMILES string of the molecule is CC(O)C(C(=O)OCc1ccccc1)N(Cc1ccccc1)C(=O)OC(C)(C)C. The fourth-order valence-corrected chi connectivity index (χ4v) is 2.78. The van der Waals surface area contributed by atoms with E-state index in [0.29, 0.717) is 0 Å². The Morgan fingerprint density at radius 2 is 1.48 bits per heavy atom. The van der Waals surface area contributed by atoms with Crippen LogP contribution in [0.25, 0.3) is 0 Å². The maximum atomic E-state index is 12.9. The minimum atomic E-state index is -1.20. The highest BCUT2D eigenvalue weighted by atomic mass is 16.6. The maximum absolute atomic E-state index is 12.9. The largest absolute Gasteiger partial charge is 0.459 e. The van der Waals surface area contributed by atoms with Crippen LogP contribution in [0.4, 0.5) is 4.79 Å². The maximum Gasteiger partial charge on any atom is 0.411 e. The molecular weight excluding hydrogens is 370 g/mol. The monoisotopic (exact) mass is 399 g/mol. The lowest BCUT2D eigenvalue weighted by Crippen LogP contribution is -2.52. The number of carbonyl (C=O) groups excluding carboxylic acids is 2. The predicted molar refractivity (Wildman–Crippen MR) is 110 cm³/mol. The summed E-state index contributed by atoms with van der Waals surface area (Å²) in [4.78, 5) is 26.9. The van der Waals surface area contributed by atoms with Gasteiger partial charge in [-0.2, -0.15) is 0 Å². The number of benzene rings is 2. The molecule has 0 spiro atoms. The Morgan fingerprint density at radius 1 is 0.966 bits per heavy atom. The number of hydrogen-bond acceptors (Lipinski definition) is 5. The summed E-state index contributed by atoms with van der Waals surface area (Å²) in [7, 11) is 0. The van der Waals surface area contributed by atoms with Gasteiger partial charge >= 0.3 is 12.1 Å². The molecule has 6 nitrogen and oxygen atoms in total. The van der Waals surface area contributed by atoms with Gasteiger partial charge in [0, 0.05) is 0 Å². The molecule has 0 heterocycles. The average Bonchev–Trinajstić information content (AvgIpc) is 2.66. The molecule has 2 aromatic rings. The predicted octanol–water partition coefficient (Wildman–Crippen LogP) is 3.92. The summed E-state index contributed by atoms with van der Waals surface area (Å²) in [5.74, 6) is -0.689. The topological polar surface area (TPSA) is 76.1 Å². The Labute approximate surface area is 172 Å². The summed E-state index contributed by atoms with van der Waals surface area (Å²) in [5.41, 5.74) is 0.875. The van der Waals surface area contributed by atoms with E-state index in [0.717, 1.165) is 11.1 Å². The summed E-state index contributed by atoms with van der Waals surface area (Å²) >= 11 is 0. The molecule has 0 aliphatic rings. The summed E-state index contributed by atoms with van der Waals surface area (Å²) in [6.45, 7) is 6.85. The number of ether oxygens (including phenoxy) is 2. The standard InChI is InChI=1S/C23H29NO5/c1-17(25)20(21(26)28-16-19-13-9-6-10-14-19)24(22(27)29-23(2,3)4)15-18-11-7-5-8-12-18/h5-14,17,20,25H,15-16H2,1-4H3. The van der Waals surface area contributed by atoms with Crippen LogP contribution in [0, 0.1) is 0 Å². The fourth-order valence-electron chi connectivity index (χ4n) is 2.78. The van der Waals surface area contributed by atoms with E-state index in [9.17, 15) is 14.7 Å². The van der Waals surface area contributed by atoms with Crippen molar-refractivity contribution in [3.63, 3.8) is 0 Å². The molecule has 2 rings (SSSR count). The van der Waals surface area contributed by atoms with Crippen molar-refractivity contribution >= 4 is 12.1 Å². The van der Waals surface area contributed by atoms with Gasteiger partial charge in [-0.3, -0.25) is 4.90 Å². The number of rotatable bonds is 7. The molecule has 0 aromatic heterocycles. The Kier molecular flexibility index (Phi) is 7.79. The number of carbonyl (C=O) groups is 2. The molecule has 1 N–H and O–H groups in total. The molecule has 1 amide bonds. The highest BCUT2D eigenvalue weighted by Gasteiger charge is 2.37. The second-order valence-electron chi connectivity index (χ2n) is 7.87. The zero-order valence-corrected chi connectivity index (χ0v) is 17.4. The average molecular weight is 399 g/mol. The number of aliphatic hydroxyl groups excluding tert-OH is 1. The molecule has 29 heavy (non-hydrogen) atoms. The summed E-state index contributed by atoms with van der Waals surface area (Å²) in [5, 5.41) is 10.3. The van der Waals surface area contributed by atoms with Crippen molar-refractivity contribution in [1.29, 1.82) is 0 Å². The Morgan fingerprint density at radius 3 is 1.97 bits per heavy atom. The molecule has 0 fully saturated rings. The highest BCUT2D eigenvalue weighted by Crippen LogP contribution is 2.19. The van der Waals surface area contributed by atoms with Crippen molar-refractivity contribution in [3.8, 4) is 0 Å². The van der Waals surface area contributed by atoms with Gasteiger partial charge in [-0.05, 0) is 38.8 Å². The van der Waals surface area contributed by atoms with Crippen LogP contribution in [0.3, 0.4) is 0 Å².